The van der Waals surface area contributed by atoms with Crippen molar-refractivity contribution >= 4 is 39.5 Å². The molecule has 0 spiro atoms. The van der Waals surface area contributed by atoms with Gasteiger partial charge in [-0.2, -0.15) is 0 Å². The lowest BCUT2D eigenvalue weighted by molar-refractivity contribution is -0.383. The number of hydrogen-bond donors (Lipinski definition) is 0. The number of benzene rings is 3. The van der Waals surface area contributed by atoms with Gasteiger partial charge in [-0.1, -0.05) is 36.4 Å². The highest BCUT2D eigenvalue weighted by Gasteiger charge is 2.32. The second kappa shape index (κ2) is 9.54. The molecule has 1 aromatic heterocycles. The Balaban J connectivity index is 1.48. The van der Waals surface area contributed by atoms with Crippen molar-refractivity contribution in [2.45, 2.75) is 6.92 Å². The van der Waals surface area contributed by atoms with Crippen LogP contribution in [0.4, 0.5) is 33.1 Å². The smallest absolute Gasteiger partial charge is 0.353 e. The van der Waals surface area contributed by atoms with Gasteiger partial charge in [-0.25, -0.2) is 14.4 Å². The first kappa shape index (κ1) is 22.5. The number of nitro groups is 1. The fourth-order valence-electron chi connectivity index (χ4n) is 4.66. The van der Waals surface area contributed by atoms with Crippen LogP contribution in [0.1, 0.15) is 6.92 Å². The first-order valence-electron chi connectivity index (χ1n) is 11.6. The van der Waals surface area contributed by atoms with Crippen molar-refractivity contribution in [3.05, 3.63) is 89.0 Å². The maximum atomic E-state index is 13.3. The van der Waals surface area contributed by atoms with E-state index in [1.54, 1.807) is 12.1 Å². The van der Waals surface area contributed by atoms with Gasteiger partial charge in [0.1, 0.15) is 12.1 Å². The highest BCUT2D eigenvalue weighted by atomic mass is 19.1. The van der Waals surface area contributed by atoms with Crippen LogP contribution >= 0.6 is 0 Å². The molecule has 2 heterocycles. The Morgan fingerprint density at radius 1 is 0.943 bits per heavy atom. The molecule has 0 saturated carbocycles. The minimum Gasteiger partial charge on any atom is -0.368 e. The lowest BCUT2D eigenvalue weighted by Gasteiger charge is -2.36. The Hall–Kier alpha value is -4.27. The molecule has 4 aromatic rings. The Morgan fingerprint density at radius 2 is 1.63 bits per heavy atom. The van der Waals surface area contributed by atoms with E-state index in [1.807, 2.05) is 59.2 Å². The predicted molar refractivity (Wildman–Crippen MR) is 136 cm³/mol. The Bertz CT molecular complexity index is 1350. The Labute approximate surface area is 202 Å². The van der Waals surface area contributed by atoms with E-state index in [4.69, 9.17) is 0 Å². The van der Waals surface area contributed by atoms with Crippen LogP contribution < -0.4 is 14.7 Å². The van der Waals surface area contributed by atoms with Gasteiger partial charge in [0.2, 0.25) is 11.6 Å². The van der Waals surface area contributed by atoms with E-state index >= 15 is 0 Å². The maximum absolute atomic E-state index is 13.3. The zero-order chi connectivity index (χ0) is 24.4. The van der Waals surface area contributed by atoms with Gasteiger partial charge in [0.15, 0.2) is 0 Å². The minimum absolute atomic E-state index is 0.0995. The van der Waals surface area contributed by atoms with Crippen LogP contribution in [-0.2, 0) is 0 Å². The van der Waals surface area contributed by atoms with Gasteiger partial charge in [0.25, 0.3) is 0 Å². The van der Waals surface area contributed by atoms with Gasteiger partial charge in [-0.15, -0.1) is 0 Å². The molecule has 35 heavy (non-hydrogen) atoms. The second-order valence-electron chi connectivity index (χ2n) is 8.32. The number of halogens is 1. The summed E-state index contributed by atoms with van der Waals surface area (Å²) >= 11 is 0. The summed E-state index contributed by atoms with van der Waals surface area (Å²) in [6.45, 7) is 4.84. The molecule has 1 aliphatic rings. The average molecular weight is 473 g/mol. The number of nitrogens with zero attached hydrogens (tertiary/aromatic N) is 6. The van der Waals surface area contributed by atoms with Crippen LogP contribution in [0.2, 0.25) is 0 Å². The van der Waals surface area contributed by atoms with Gasteiger partial charge in [0.05, 0.1) is 10.6 Å². The minimum atomic E-state index is -0.384. The van der Waals surface area contributed by atoms with Crippen LogP contribution in [0.15, 0.2) is 73.1 Å². The topological polar surface area (TPSA) is 78.6 Å². The molecule has 9 heteroatoms. The van der Waals surface area contributed by atoms with Gasteiger partial charge >= 0.3 is 5.69 Å². The predicted octanol–water partition coefficient (Wildman–Crippen LogP) is 5.16. The third-order valence-electron chi connectivity index (χ3n) is 6.37. The van der Waals surface area contributed by atoms with E-state index in [0.29, 0.717) is 38.5 Å². The molecule has 0 atom stereocenters. The van der Waals surface area contributed by atoms with Gasteiger partial charge in [-0.3, -0.25) is 10.1 Å². The second-order valence-corrected chi connectivity index (χ2v) is 8.32. The molecule has 0 N–H and O–H groups in total. The monoisotopic (exact) mass is 472 g/mol. The highest BCUT2D eigenvalue weighted by molar-refractivity contribution is 5.96. The zero-order valence-electron chi connectivity index (χ0n) is 19.3. The highest BCUT2D eigenvalue weighted by Crippen LogP contribution is 2.40. The summed E-state index contributed by atoms with van der Waals surface area (Å²) in [5, 5.41) is 14.4. The number of rotatable bonds is 6. The lowest BCUT2D eigenvalue weighted by Crippen LogP contribution is -2.47. The molecule has 0 bridgehead atoms. The molecule has 0 unspecified atom stereocenters. The summed E-state index contributed by atoms with van der Waals surface area (Å²) in [6.07, 6.45) is 1.40. The summed E-state index contributed by atoms with van der Waals surface area (Å²) < 4.78 is 13.3. The first-order valence-corrected chi connectivity index (χ1v) is 11.6. The van der Waals surface area contributed by atoms with E-state index in [0.717, 1.165) is 22.1 Å². The van der Waals surface area contributed by atoms with Crippen molar-refractivity contribution in [2.75, 3.05) is 47.4 Å². The molecular weight excluding hydrogens is 447 g/mol. The molecule has 0 amide bonds. The molecule has 0 aliphatic carbocycles. The van der Waals surface area contributed by atoms with Gasteiger partial charge in [-0.05, 0) is 42.6 Å². The van der Waals surface area contributed by atoms with Crippen LogP contribution in [0, 0.1) is 15.9 Å². The van der Waals surface area contributed by atoms with E-state index in [1.165, 1.54) is 18.5 Å². The maximum Gasteiger partial charge on any atom is 0.353 e. The normalized spacial score (nSPS) is 13.8. The largest absolute Gasteiger partial charge is 0.368 e. The van der Waals surface area contributed by atoms with Gasteiger partial charge < -0.3 is 14.7 Å². The standard InChI is InChI=1S/C26H25FN6O2/c1-2-32(23-9-5-7-19-6-3-4-8-22(19)23)26-24(33(34)35)25(28-18-29-26)31-16-14-30(15-17-31)21-12-10-20(27)11-13-21/h3-13,18H,2,14-17H2,1H3. The van der Waals surface area contributed by atoms with Crippen molar-refractivity contribution in [1.29, 1.82) is 0 Å². The quantitative estimate of drug-likeness (QED) is 0.283. The SMILES string of the molecule is CCN(c1ncnc(N2CCN(c3ccc(F)cc3)CC2)c1[N+](=O)[O-])c1cccc2ccccc12. The lowest BCUT2D eigenvalue weighted by atomic mass is 10.1. The Morgan fingerprint density at radius 3 is 2.34 bits per heavy atom. The summed E-state index contributed by atoms with van der Waals surface area (Å²) in [4.78, 5) is 26.6. The van der Waals surface area contributed by atoms with Crippen molar-refractivity contribution < 1.29 is 9.31 Å². The number of aromatic nitrogens is 2. The van der Waals surface area contributed by atoms with Crippen LogP contribution in [-0.4, -0.2) is 47.6 Å². The number of anilines is 4. The summed E-state index contributed by atoms with van der Waals surface area (Å²) in [5.41, 5.74) is 1.69. The fraction of sp³-hybridized carbons (Fsp3) is 0.231. The van der Waals surface area contributed by atoms with E-state index in [-0.39, 0.29) is 22.2 Å². The third-order valence-corrected chi connectivity index (χ3v) is 6.37. The van der Waals surface area contributed by atoms with E-state index in [2.05, 4.69) is 14.9 Å². The van der Waals surface area contributed by atoms with Crippen molar-refractivity contribution in [3.8, 4) is 0 Å². The van der Waals surface area contributed by atoms with Crippen LogP contribution in [0.5, 0.6) is 0 Å². The third kappa shape index (κ3) is 4.32. The average Bonchev–Trinajstić information content (AvgIpc) is 2.89. The van der Waals surface area contributed by atoms with Crippen molar-refractivity contribution in [3.63, 3.8) is 0 Å². The molecular formula is C26H25FN6O2. The molecule has 1 aliphatic heterocycles. The molecule has 3 aromatic carbocycles. The molecule has 1 saturated heterocycles. The summed E-state index contributed by atoms with van der Waals surface area (Å²) in [7, 11) is 0. The Kier molecular flexibility index (Phi) is 6.13. The molecule has 1 fully saturated rings. The molecule has 5 rings (SSSR count). The number of hydrogen-bond acceptors (Lipinski definition) is 7. The van der Waals surface area contributed by atoms with E-state index in [9.17, 15) is 14.5 Å². The first-order chi connectivity index (χ1) is 17.1. The molecule has 8 nitrogen and oxygen atoms in total. The summed E-state index contributed by atoms with van der Waals surface area (Å²) in [6, 6.07) is 20.3. The molecule has 178 valence electrons. The van der Waals surface area contributed by atoms with Gasteiger partial charge in [0, 0.05) is 43.8 Å². The molecule has 0 radical (unpaired) electrons. The number of fused-ring (bicyclic) bond motifs is 1. The van der Waals surface area contributed by atoms with Crippen molar-refractivity contribution in [2.24, 2.45) is 0 Å². The van der Waals surface area contributed by atoms with E-state index < -0.39 is 0 Å². The van der Waals surface area contributed by atoms with Crippen molar-refractivity contribution in [1.82, 2.24) is 9.97 Å². The zero-order valence-corrected chi connectivity index (χ0v) is 19.3. The van der Waals surface area contributed by atoms with Crippen LogP contribution in [0.25, 0.3) is 10.8 Å². The van der Waals surface area contributed by atoms with Crippen LogP contribution in [0.3, 0.4) is 0 Å². The number of piperazine rings is 1. The fourth-order valence-corrected chi connectivity index (χ4v) is 4.66. The summed E-state index contributed by atoms with van der Waals surface area (Å²) in [5.74, 6) is 0.320.